The number of aliphatic hydroxyl groups is 1. The van der Waals surface area contributed by atoms with E-state index < -0.39 is 42.2 Å². The Morgan fingerprint density at radius 2 is 1.72 bits per heavy atom. The first kappa shape index (κ1) is 36.7. The van der Waals surface area contributed by atoms with Crippen molar-refractivity contribution in [1.82, 2.24) is 15.1 Å². The molecular formula is C33H56N4O6. The van der Waals surface area contributed by atoms with Crippen LogP contribution in [0.15, 0.2) is 30.3 Å². The van der Waals surface area contributed by atoms with Crippen LogP contribution < -0.4 is 11.1 Å². The van der Waals surface area contributed by atoms with E-state index in [0.29, 0.717) is 13.0 Å². The third-order valence-electron chi connectivity index (χ3n) is 9.28. The van der Waals surface area contributed by atoms with Crippen LogP contribution in [0.2, 0.25) is 0 Å². The Bertz CT molecular complexity index is 1020. The molecule has 1 aliphatic rings. The van der Waals surface area contributed by atoms with Gasteiger partial charge in [0.05, 0.1) is 48.8 Å². The zero-order valence-corrected chi connectivity index (χ0v) is 27.7. The summed E-state index contributed by atoms with van der Waals surface area (Å²) in [6.45, 7) is 12.3. The number of ether oxygens (including phenoxy) is 2. The number of rotatable bonds is 17. The van der Waals surface area contributed by atoms with E-state index in [1.54, 1.807) is 28.1 Å². The maximum absolute atomic E-state index is 13.9. The van der Waals surface area contributed by atoms with Gasteiger partial charge in [-0.1, -0.05) is 71.4 Å². The van der Waals surface area contributed by atoms with Crippen LogP contribution in [0, 0.1) is 17.8 Å². The molecule has 1 aromatic rings. The normalized spacial score (nSPS) is 21.1. The van der Waals surface area contributed by atoms with Crippen LogP contribution in [-0.2, 0) is 23.9 Å². The average Bonchev–Trinajstić information content (AvgIpc) is 3.46. The minimum atomic E-state index is -0.852. The van der Waals surface area contributed by atoms with Crippen LogP contribution in [0.25, 0.3) is 0 Å². The number of likely N-dealkylation sites (N-methyl/N-ethyl adjacent to an activating group) is 1. The molecule has 9 atom stereocenters. The minimum absolute atomic E-state index is 0.00292. The van der Waals surface area contributed by atoms with Crippen LogP contribution in [0.4, 0.5) is 0 Å². The third kappa shape index (κ3) is 9.23. The Morgan fingerprint density at radius 3 is 2.23 bits per heavy atom. The van der Waals surface area contributed by atoms with Crippen molar-refractivity contribution in [3.8, 4) is 0 Å². The summed E-state index contributed by atoms with van der Waals surface area (Å²) in [7, 11) is 5.06. The fourth-order valence-electron chi connectivity index (χ4n) is 6.75. The molecule has 43 heavy (non-hydrogen) atoms. The van der Waals surface area contributed by atoms with Gasteiger partial charge >= 0.3 is 0 Å². The summed E-state index contributed by atoms with van der Waals surface area (Å²) in [5.74, 6) is -1.13. The Hall–Kier alpha value is -2.53. The van der Waals surface area contributed by atoms with Gasteiger partial charge in [-0.15, -0.1) is 0 Å². The number of carbonyl (C=O) groups is 3. The number of hydrogen-bond donors (Lipinski definition) is 3. The molecule has 0 unspecified atom stereocenters. The molecule has 0 bridgehead atoms. The molecule has 0 radical (unpaired) electrons. The largest absolute Gasteiger partial charge is 0.386 e. The molecule has 0 aromatic heterocycles. The van der Waals surface area contributed by atoms with Crippen molar-refractivity contribution in [2.75, 3.05) is 27.8 Å². The lowest BCUT2D eigenvalue weighted by Crippen LogP contribution is -2.57. The van der Waals surface area contributed by atoms with E-state index in [4.69, 9.17) is 15.2 Å². The van der Waals surface area contributed by atoms with Gasteiger partial charge in [-0.25, -0.2) is 0 Å². The summed E-state index contributed by atoms with van der Waals surface area (Å²) in [5.41, 5.74) is 6.52. The summed E-state index contributed by atoms with van der Waals surface area (Å²) < 4.78 is 11.8. The van der Waals surface area contributed by atoms with Gasteiger partial charge in [-0.3, -0.25) is 19.3 Å². The summed E-state index contributed by atoms with van der Waals surface area (Å²) in [4.78, 5) is 43.4. The number of carbonyl (C=O) groups excluding carboxylic acids is 3. The number of aliphatic hydroxyl groups excluding tert-OH is 1. The molecular weight excluding hydrogens is 548 g/mol. The van der Waals surface area contributed by atoms with Gasteiger partial charge in [0.1, 0.15) is 0 Å². The summed E-state index contributed by atoms with van der Waals surface area (Å²) >= 11 is 0. The van der Waals surface area contributed by atoms with Crippen molar-refractivity contribution < 1.29 is 29.0 Å². The molecule has 2 rings (SSSR count). The Kier molecular flexibility index (Phi) is 14.6. The summed E-state index contributed by atoms with van der Waals surface area (Å²) in [6.07, 6.45) is 0.653. The molecule has 244 valence electrons. The lowest BCUT2D eigenvalue weighted by atomic mass is 9.88. The molecule has 3 amide bonds. The van der Waals surface area contributed by atoms with Crippen LogP contribution in [-0.4, -0.2) is 96.8 Å². The third-order valence-corrected chi connectivity index (χ3v) is 9.28. The lowest BCUT2D eigenvalue weighted by molar-refractivity contribution is -0.144. The molecule has 10 nitrogen and oxygen atoms in total. The second-order valence-electron chi connectivity index (χ2n) is 12.5. The number of likely N-dealkylation sites (tertiary alicyclic amines) is 1. The molecule has 0 spiro atoms. The van der Waals surface area contributed by atoms with Gasteiger partial charge in [-0.2, -0.15) is 0 Å². The van der Waals surface area contributed by atoms with Crippen molar-refractivity contribution in [3.63, 3.8) is 0 Å². The minimum Gasteiger partial charge on any atom is -0.386 e. The Morgan fingerprint density at radius 1 is 1.09 bits per heavy atom. The standard InChI is InChI=1S/C33H56N4O6/c1-10-21(4)29(36(7)28(20(2)3)32(34)40)26(42-8)19-27(38)37-18-14-17-25(37)31(43-9)22(5)33(41)35-23(6)30(39)24-15-12-11-13-16-24/h11-13,15-16,20-23,25-26,28-31,39H,10,14,17-19H2,1-9H3,(H2,34,40)(H,35,41)/t21-,22+,23+,25-,26+,28-,29-,30+,31+/m0/s1. The van der Waals surface area contributed by atoms with E-state index in [1.165, 1.54) is 0 Å². The highest BCUT2D eigenvalue weighted by Crippen LogP contribution is 2.30. The highest BCUT2D eigenvalue weighted by molar-refractivity contribution is 5.81. The first-order valence-corrected chi connectivity index (χ1v) is 15.7. The number of primary amides is 1. The van der Waals surface area contributed by atoms with Crippen LogP contribution in [0.5, 0.6) is 0 Å². The quantitative estimate of drug-likeness (QED) is 0.249. The van der Waals surface area contributed by atoms with Crippen LogP contribution >= 0.6 is 0 Å². The van der Waals surface area contributed by atoms with Crippen molar-refractivity contribution in [3.05, 3.63) is 35.9 Å². The fraction of sp³-hybridized carbons (Fsp3) is 0.727. The zero-order chi connectivity index (χ0) is 32.4. The van der Waals surface area contributed by atoms with Crippen molar-refractivity contribution in [2.45, 2.75) is 110 Å². The molecule has 10 heteroatoms. The topological polar surface area (TPSA) is 134 Å². The van der Waals surface area contributed by atoms with Crippen molar-refractivity contribution in [2.24, 2.45) is 23.5 Å². The molecule has 1 fully saturated rings. The van der Waals surface area contributed by atoms with E-state index in [-0.39, 0.29) is 42.2 Å². The number of methoxy groups -OCH3 is 2. The molecule has 1 heterocycles. The summed E-state index contributed by atoms with van der Waals surface area (Å²) in [6, 6.07) is 7.73. The van der Waals surface area contributed by atoms with E-state index in [0.717, 1.165) is 18.4 Å². The van der Waals surface area contributed by atoms with Crippen molar-refractivity contribution in [1.29, 1.82) is 0 Å². The highest BCUT2D eigenvalue weighted by atomic mass is 16.5. The second-order valence-corrected chi connectivity index (χ2v) is 12.5. The van der Waals surface area contributed by atoms with Gasteiger partial charge in [0.15, 0.2) is 0 Å². The smallest absolute Gasteiger partial charge is 0.235 e. The van der Waals surface area contributed by atoms with Gasteiger partial charge in [0.25, 0.3) is 0 Å². The second kappa shape index (κ2) is 17.1. The van der Waals surface area contributed by atoms with Gasteiger partial charge in [0, 0.05) is 26.8 Å². The molecule has 0 saturated carbocycles. The molecule has 0 aliphatic carbocycles. The first-order valence-electron chi connectivity index (χ1n) is 15.7. The highest BCUT2D eigenvalue weighted by Gasteiger charge is 2.43. The number of benzene rings is 1. The molecule has 1 aliphatic heterocycles. The SMILES string of the molecule is CC[C@H](C)[C@@H]([C@@H](CC(=O)N1CCC[C@H]1[C@H](OC)[C@@H](C)C(=O)N[C@H](C)[C@@H](O)c1ccccc1)OC)N(C)[C@H](C(N)=O)C(C)C. The predicted octanol–water partition coefficient (Wildman–Crippen LogP) is 3.13. The number of hydrogen-bond acceptors (Lipinski definition) is 7. The fourth-order valence-corrected chi connectivity index (χ4v) is 6.75. The molecule has 1 saturated heterocycles. The maximum Gasteiger partial charge on any atom is 0.235 e. The van der Waals surface area contributed by atoms with Crippen molar-refractivity contribution >= 4 is 17.7 Å². The number of nitrogens with two attached hydrogens (primary N) is 1. The van der Waals surface area contributed by atoms with E-state index in [2.05, 4.69) is 19.2 Å². The monoisotopic (exact) mass is 604 g/mol. The number of nitrogens with one attached hydrogen (secondary N) is 1. The predicted molar refractivity (Wildman–Crippen MR) is 168 cm³/mol. The summed E-state index contributed by atoms with van der Waals surface area (Å²) in [5, 5.41) is 13.7. The Labute approximate surface area is 258 Å². The molecule has 4 N–H and O–H groups in total. The van der Waals surface area contributed by atoms with Crippen LogP contribution in [0.1, 0.15) is 78.9 Å². The number of nitrogens with zero attached hydrogens (tertiary/aromatic N) is 2. The van der Waals surface area contributed by atoms with Crippen LogP contribution in [0.3, 0.4) is 0 Å². The van der Waals surface area contributed by atoms with Gasteiger partial charge < -0.3 is 30.5 Å². The van der Waals surface area contributed by atoms with E-state index in [1.807, 2.05) is 61.0 Å². The first-order chi connectivity index (χ1) is 20.3. The number of amides is 3. The van der Waals surface area contributed by atoms with E-state index >= 15 is 0 Å². The molecule has 1 aromatic carbocycles. The maximum atomic E-state index is 13.9. The lowest BCUT2D eigenvalue weighted by Gasteiger charge is -2.42. The average molecular weight is 605 g/mol. The van der Waals surface area contributed by atoms with E-state index in [9.17, 15) is 19.5 Å². The van der Waals surface area contributed by atoms with Gasteiger partial charge in [-0.05, 0) is 44.2 Å². The Balaban J connectivity index is 2.19. The van der Waals surface area contributed by atoms with Gasteiger partial charge in [0.2, 0.25) is 17.7 Å². The zero-order valence-electron chi connectivity index (χ0n) is 27.7.